The number of fused-ring (bicyclic) bond motifs is 1. The Morgan fingerprint density at radius 2 is 2.11 bits per heavy atom. The fraction of sp³-hybridized carbons (Fsp3) is 0.500. The summed E-state index contributed by atoms with van der Waals surface area (Å²) < 4.78 is 10.6. The summed E-state index contributed by atoms with van der Waals surface area (Å²) in [4.78, 5) is 10.7. The fourth-order valence-corrected chi connectivity index (χ4v) is 2.06. The van der Waals surface area contributed by atoms with Gasteiger partial charge in [-0.3, -0.25) is 4.79 Å². The lowest BCUT2D eigenvalue weighted by molar-refractivity contribution is -0.139. The van der Waals surface area contributed by atoms with Gasteiger partial charge >= 0.3 is 5.97 Å². The van der Waals surface area contributed by atoms with Crippen molar-refractivity contribution < 1.29 is 19.4 Å². The highest BCUT2D eigenvalue weighted by Crippen LogP contribution is 2.32. The van der Waals surface area contributed by atoms with Gasteiger partial charge in [0.2, 0.25) is 6.79 Å². The number of benzene rings is 1. The summed E-state index contributed by atoms with van der Waals surface area (Å²) in [7, 11) is 0. The molecule has 104 valence electrons. The van der Waals surface area contributed by atoms with Crippen molar-refractivity contribution in [3.8, 4) is 11.5 Å². The topological polar surface area (TPSA) is 67.8 Å². The van der Waals surface area contributed by atoms with Crippen molar-refractivity contribution in [2.75, 3.05) is 6.79 Å². The van der Waals surface area contributed by atoms with Crippen LogP contribution >= 0.6 is 0 Å². The maximum absolute atomic E-state index is 10.7. The molecule has 0 spiro atoms. The molecule has 19 heavy (non-hydrogen) atoms. The van der Waals surface area contributed by atoms with Gasteiger partial charge in [0.05, 0.1) is 0 Å². The fourth-order valence-electron chi connectivity index (χ4n) is 2.06. The zero-order valence-electron chi connectivity index (χ0n) is 11.2. The van der Waals surface area contributed by atoms with Gasteiger partial charge in [-0.2, -0.15) is 0 Å². The molecule has 5 nitrogen and oxygen atoms in total. The third-order valence-electron chi connectivity index (χ3n) is 3.21. The monoisotopic (exact) mass is 265 g/mol. The van der Waals surface area contributed by atoms with Gasteiger partial charge in [0.15, 0.2) is 11.5 Å². The van der Waals surface area contributed by atoms with Gasteiger partial charge in [0.1, 0.15) is 6.04 Å². The van der Waals surface area contributed by atoms with Crippen molar-refractivity contribution in [1.82, 2.24) is 5.32 Å². The van der Waals surface area contributed by atoms with Crippen LogP contribution < -0.4 is 14.8 Å². The first-order valence-corrected chi connectivity index (χ1v) is 6.43. The van der Waals surface area contributed by atoms with Gasteiger partial charge in [-0.25, -0.2) is 0 Å². The third-order valence-corrected chi connectivity index (χ3v) is 3.21. The molecule has 1 aromatic rings. The minimum atomic E-state index is -0.824. The normalized spacial score (nSPS) is 16.1. The van der Waals surface area contributed by atoms with E-state index in [0.717, 1.165) is 24.3 Å². The summed E-state index contributed by atoms with van der Waals surface area (Å²) in [5.74, 6) is 0.751. The maximum atomic E-state index is 10.7. The Labute approximate surface area is 112 Å². The van der Waals surface area contributed by atoms with E-state index >= 15 is 0 Å². The van der Waals surface area contributed by atoms with Crippen LogP contribution in [0.3, 0.4) is 0 Å². The number of carbonyl (C=O) groups is 1. The largest absolute Gasteiger partial charge is 0.480 e. The molecule has 2 N–H and O–H groups in total. The maximum Gasteiger partial charge on any atom is 0.320 e. The molecule has 5 heteroatoms. The van der Waals surface area contributed by atoms with Crippen molar-refractivity contribution in [3.63, 3.8) is 0 Å². The predicted molar refractivity (Wildman–Crippen MR) is 70.6 cm³/mol. The van der Waals surface area contributed by atoms with E-state index in [0.29, 0.717) is 0 Å². The Hall–Kier alpha value is -1.75. The number of ether oxygens (including phenoxy) is 2. The van der Waals surface area contributed by atoms with E-state index in [1.54, 1.807) is 6.92 Å². The van der Waals surface area contributed by atoms with Crippen LogP contribution in [-0.2, 0) is 11.2 Å². The molecule has 0 amide bonds. The molecule has 0 fully saturated rings. The molecular formula is C14H19NO4. The van der Waals surface area contributed by atoms with Crippen LogP contribution in [0.25, 0.3) is 0 Å². The van der Waals surface area contributed by atoms with Crippen LogP contribution in [0.2, 0.25) is 0 Å². The number of hydrogen-bond acceptors (Lipinski definition) is 4. The average Bonchev–Trinajstić information content (AvgIpc) is 2.83. The van der Waals surface area contributed by atoms with E-state index in [1.807, 2.05) is 25.1 Å². The van der Waals surface area contributed by atoms with Crippen LogP contribution in [-0.4, -0.2) is 30.0 Å². The molecular weight excluding hydrogens is 246 g/mol. The number of nitrogens with one attached hydrogen (secondary N) is 1. The number of carboxylic acids is 1. The van der Waals surface area contributed by atoms with Gasteiger partial charge in [0.25, 0.3) is 0 Å². The van der Waals surface area contributed by atoms with Crippen LogP contribution in [0.5, 0.6) is 11.5 Å². The molecule has 1 aliphatic heterocycles. The van der Waals surface area contributed by atoms with Gasteiger partial charge in [-0.15, -0.1) is 0 Å². The van der Waals surface area contributed by atoms with Crippen LogP contribution in [0, 0.1) is 0 Å². The van der Waals surface area contributed by atoms with Gasteiger partial charge in [-0.05, 0) is 44.4 Å². The highest BCUT2D eigenvalue weighted by molar-refractivity contribution is 5.72. The third kappa shape index (κ3) is 3.61. The Kier molecular flexibility index (Phi) is 4.27. The molecule has 0 aliphatic carbocycles. The van der Waals surface area contributed by atoms with E-state index in [9.17, 15) is 4.79 Å². The first-order valence-electron chi connectivity index (χ1n) is 6.43. The smallest absolute Gasteiger partial charge is 0.320 e. The molecule has 0 bridgehead atoms. The van der Waals surface area contributed by atoms with E-state index in [2.05, 4.69) is 5.32 Å². The molecule has 1 aliphatic rings. The van der Waals surface area contributed by atoms with Gasteiger partial charge in [0, 0.05) is 6.04 Å². The summed E-state index contributed by atoms with van der Waals surface area (Å²) in [6.07, 6.45) is 1.74. The first kappa shape index (κ1) is 13.7. The van der Waals surface area contributed by atoms with Crippen molar-refractivity contribution in [1.29, 1.82) is 0 Å². The van der Waals surface area contributed by atoms with E-state index in [4.69, 9.17) is 14.6 Å². The first-order chi connectivity index (χ1) is 9.06. The highest BCUT2D eigenvalue weighted by atomic mass is 16.7. The molecule has 0 aromatic heterocycles. The second-order valence-electron chi connectivity index (χ2n) is 4.85. The molecule has 0 saturated carbocycles. The molecule has 2 atom stereocenters. The van der Waals surface area contributed by atoms with Crippen molar-refractivity contribution in [2.24, 2.45) is 0 Å². The quantitative estimate of drug-likeness (QED) is 0.821. The molecule has 2 rings (SSSR count). The highest BCUT2D eigenvalue weighted by Gasteiger charge is 2.15. The van der Waals surface area contributed by atoms with E-state index in [-0.39, 0.29) is 12.8 Å². The Morgan fingerprint density at radius 1 is 1.37 bits per heavy atom. The lowest BCUT2D eigenvalue weighted by Gasteiger charge is -2.16. The van der Waals surface area contributed by atoms with E-state index in [1.165, 1.54) is 5.56 Å². The molecule has 0 saturated heterocycles. The summed E-state index contributed by atoms with van der Waals surface area (Å²) in [5, 5.41) is 11.9. The number of aliphatic carboxylic acids is 1. The lowest BCUT2D eigenvalue weighted by Crippen LogP contribution is -2.40. The summed E-state index contributed by atoms with van der Waals surface area (Å²) in [6, 6.07) is 5.54. The Bertz CT molecular complexity index is 461. The van der Waals surface area contributed by atoms with Gasteiger partial charge < -0.3 is 19.9 Å². The zero-order valence-corrected chi connectivity index (χ0v) is 11.2. The second kappa shape index (κ2) is 5.93. The van der Waals surface area contributed by atoms with Crippen molar-refractivity contribution in [2.45, 2.75) is 38.8 Å². The lowest BCUT2D eigenvalue weighted by atomic mass is 10.1. The summed E-state index contributed by atoms with van der Waals surface area (Å²) in [5.41, 5.74) is 1.17. The number of hydrogen-bond donors (Lipinski definition) is 2. The van der Waals surface area contributed by atoms with Crippen molar-refractivity contribution in [3.05, 3.63) is 23.8 Å². The standard InChI is InChI=1S/C14H19NO4/c1-9(15-10(2)14(16)17)3-4-11-5-6-12-13(7-11)19-8-18-12/h5-7,9-10,15H,3-4,8H2,1-2H3,(H,16,17). The predicted octanol–water partition coefficient (Wildman–Crippen LogP) is 1.80. The second-order valence-corrected chi connectivity index (χ2v) is 4.85. The molecule has 1 heterocycles. The zero-order chi connectivity index (χ0) is 13.8. The number of carboxylic acid groups (broad SMARTS) is 1. The molecule has 2 unspecified atom stereocenters. The Balaban J connectivity index is 1.83. The van der Waals surface area contributed by atoms with Gasteiger partial charge in [-0.1, -0.05) is 6.07 Å². The summed E-state index contributed by atoms with van der Waals surface area (Å²) in [6.45, 7) is 3.93. The number of aryl methyl sites for hydroxylation is 1. The Morgan fingerprint density at radius 3 is 2.84 bits per heavy atom. The van der Waals surface area contributed by atoms with Crippen LogP contribution in [0.15, 0.2) is 18.2 Å². The van der Waals surface area contributed by atoms with Crippen LogP contribution in [0.1, 0.15) is 25.8 Å². The number of rotatable bonds is 6. The minimum Gasteiger partial charge on any atom is -0.480 e. The van der Waals surface area contributed by atoms with Crippen LogP contribution in [0.4, 0.5) is 0 Å². The van der Waals surface area contributed by atoms with Crippen molar-refractivity contribution >= 4 is 5.97 Å². The minimum absolute atomic E-state index is 0.150. The average molecular weight is 265 g/mol. The van der Waals surface area contributed by atoms with E-state index < -0.39 is 12.0 Å². The summed E-state index contributed by atoms with van der Waals surface area (Å²) >= 11 is 0. The molecule has 0 radical (unpaired) electrons. The SMILES string of the molecule is CC(CCc1ccc2c(c1)OCO2)NC(C)C(=O)O. The molecule has 1 aromatic carbocycles.